The summed E-state index contributed by atoms with van der Waals surface area (Å²) in [4.78, 5) is 12.3. The van der Waals surface area contributed by atoms with Crippen molar-refractivity contribution in [1.82, 2.24) is 5.32 Å². The first-order chi connectivity index (χ1) is 12.7. The third kappa shape index (κ3) is 5.52. The highest BCUT2D eigenvalue weighted by atomic mass is 32.2. The van der Waals surface area contributed by atoms with Gasteiger partial charge >= 0.3 is 5.97 Å². The molecular formula is C21H25NO4S. The second-order valence-electron chi connectivity index (χ2n) is 6.50. The fourth-order valence-electron chi connectivity index (χ4n) is 2.78. The zero-order chi connectivity index (χ0) is 20.0. The summed E-state index contributed by atoms with van der Waals surface area (Å²) in [5.41, 5.74) is 3.19. The van der Waals surface area contributed by atoms with Gasteiger partial charge in [0.15, 0.2) is 9.84 Å². The van der Waals surface area contributed by atoms with Crippen LogP contribution in [-0.4, -0.2) is 38.8 Å². The molecule has 6 heteroatoms. The van der Waals surface area contributed by atoms with E-state index in [9.17, 15) is 18.3 Å². The Hall–Kier alpha value is -2.44. The molecule has 0 saturated carbocycles. The number of carbonyl (C=O) groups is 1. The molecule has 0 aromatic heterocycles. The summed E-state index contributed by atoms with van der Waals surface area (Å²) in [6, 6.07) is 13.7. The number of hydrogen-bond acceptors (Lipinski definition) is 4. The average molecular weight is 388 g/mol. The van der Waals surface area contributed by atoms with Gasteiger partial charge in [-0.3, -0.25) is 0 Å². The summed E-state index contributed by atoms with van der Waals surface area (Å²) < 4.78 is 23.4. The zero-order valence-corrected chi connectivity index (χ0v) is 16.6. The molecular weight excluding hydrogens is 362 g/mol. The van der Waals surface area contributed by atoms with Gasteiger partial charge in [0, 0.05) is 12.8 Å². The molecule has 0 aliphatic rings. The Morgan fingerprint density at radius 3 is 2.04 bits per heavy atom. The lowest BCUT2D eigenvalue weighted by Gasteiger charge is -2.15. The Morgan fingerprint density at radius 1 is 1.00 bits per heavy atom. The fourth-order valence-corrected chi connectivity index (χ4v) is 3.41. The van der Waals surface area contributed by atoms with Crippen molar-refractivity contribution >= 4 is 27.0 Å². The maximum Gasteiger partial charge on any atom is 0.336 e. The first-order valence-electron chi connectivity index (χ1n) is 8.78. The van der Waals surface area contributed by atoms with Crippen LogP contribution in [0, 0.1) is 6.92 Å². The highest BCUT2D eigenvalue weighted by molar-refractivity contribution is 7.90. The lowest BCUT2D eigenvalue weighted by Crippen LogP contribution is -2.19. The van der Waals surface area contributed by atoms with Gasteiger partial charge in [0.1, 0.15) is 0 Å². The number of carboxylic acid groups (broad SMARTS) is 1. The third-order valence-corrected chi connectivity index (χ3v) is 5.34. The van der Waals surface area contributed by atoms with E-state index in [4.69, 9.17) is 0 Å². The first-order valence-corrected chi connectivity index (χ1v) is 10.7. The molecule has 0 atom stereocenters. The van der Waals surface area contributed by atoms with Crippen LogP contribution in [0.1, 0.15) is 30.0 Å². The minimum Gasteiger partial charge on any atom is -0.478 e. The maximum absolute atomic E-state index is 12.1. The van der Waals surface area contributed by atoms with E-state index in [1.54, 1.807) is 24.3 Å². The van der Waals surface area contributed by atoms with Crippen LogP contribution >= 0.6 is 0 Å². The summed E-state index contributed by atoms with van der Waals surface area (Å²) >= 11 is 0. The van der Waals surface area contributed by atoms with E-state index >= 15 is 0 Å². The number of aliphatic carboxylic acids is 1. The van der Waals surface area contributed by atoms with E-state index in [1.165, 1.54) is 12.1 Å². The van der Waals surface area contributed by atoms with Gasteiger partial charge in [-0.1, -0.05) is 48.9 Å². The van der Waals surface area contributed by atoms with Crippen LogP contribution in [0.3, 0.4) is 0 Å². The number of carboxylic acids is 1. The predicted molar refractivity (Wildman–Crippen MR) is 108 cm³/mol. The average Bonchev–Trinajstić information content (AvgIpc) is 2.61. The molecule has 2 N–H and O–H groups in total. The van der Waals surface area contributed by atoms with Gasteiger partial charge in [-0.05, 0) is 48.7 Å². The second kappa shape index (κ2) is 8.97. The molecule has 0 fully saturated rings. The SMILES string of the molecule is CCCNC/C(=C(\C(=O)O)c1ccc(C)cc1)c1ccc(S(C)(=O)=O)cc1. The smallest absolute Gasteiger partial charge is 0.336 e. The van der Waals surface area contributed by atoms with Crippen LogP contribution in [0.5, 0.6) is 0 Å². The summed E-state index contributed by atoms with van der Waals surface area (Å²) in [5.74, 6) is -1.01. The normalized spacial score (nSPS) is 12.6. The van der Waals surface area contributed by atoms with Crippen LogP contribution in [0.25, 0.3) is 11.1 Å². The summed E-state index contributed by atoms with van der Waals surface area (Å²) in [7, 11) is -3.31. The number of nitrogens with one attached hydrogen (secondary N) is 1. The Bertz CT molecular complexity index is 927. The van der Waals surface area contributed by atoms with Gasteiger partial charge in [-0.25, -0.2) is 13.2 Å². The molecule has 2 aromatic rings. The topological polar surface area (TPSA) is 83.5 Å². The van der Waals surface area contributed by atoms with Crippen molar-refractivity contribution in [1.29, 1.82) is 0 Å². The van der Waals surface area contributed by atoms with Crippen LogP contribution in [0.2, 0.25) is 0 Å². The van der Waals surface area contributed by atoms with Crippen LogP contribution in [0.4, 0.5) is 0 Å². The van der Waals surface area contributed by atoms with Crippen molar-refractivity contribution in [2.45, 2.75) is 25.2 Å². The molecule has 0 bridgehead atoms. The van der Waals surface area contributed by atoms with E-state index in [-0.39, 0.29) is 10.5 Å². The minimum absolute atomic E-state index is 0.208. The van der Waals surface area contributed by atoms with Gasteiger partial charge in [0.05, 0.1) is 10.5 Å². The molecule has 2 rings (SSSR count). The third-order valence-electron chi connectivity index (χ3n) is 4.22. The fraction of sp³-hybridized carbons (Fsp3) is 0.286. The van der Waals surface area contributed by atoms with Crippen molar-refractivity contribution < 1.29 is 18.3 Å². The van der Waals surface area contributed by atoms with Gasteiger partial charge in [-0.2, -0.15) is 0 Å². The van der Waals surface area contributed by atoms with Crippen molar-refractivity contribution in [3.05, 3.63) is 65.2 Å². The van der Waals surface area contributed by atoms with Crippen LogP contribution in [-0.2, 0) is 14.6 Å². The molecule has 0 aliphatic heterocycles. The van der Waals surface area contributed by atoms with Crippen molar-refractivity contribution in [3.63, 3.8) is 0 Å². The highest BCUT2D eigenvalue weighted by Crippen LogP contribution is 2.27. The molecule has 144 valence electrons. The zero-order valence-electron chi connectivity index (χ0n) is 15.8. The lowest BCUT2D eigenvalue weighted by molar-refractivity contribution is -0.130. The van der Waals surface area contributed by atoms with E-state index in [0.29, 0.717) is 23.2 Å². The standard InChI is InChI=1S/C21H25NO4S/c1-4-13-22-14-19(16-9-11-18(12-10-16)27(3,25)26)20(21(23)24)17-7-5-15(2)6-8-17/h5-12,22H,4,13-14H2,1-3H3,(H,23,24)/b20-19+. The number of sulfone groups is 1. The Balaban J connectivity index is 2.60. The lowest BCUT2D eigenvalue weighted by atomic mass is 9.94. The molecule has 0 saturated heterocycles. The molecule has 27 heavy (non-hydrogen) atoms. The molecule has 5 nitrogen and oxygen atoms in total. The highest BCUT2D eigenvalue weighted by Gasteiger charge is 2.19. The van der Waals surface area contributed by atoms with Crippen LogP contribution < -0.4 is 5.32 Å². The summed E-state index contributed by atoms with van der Waals surface area (Å²) in [5, 5.41) is 13.1. The minimum atomic E-state index is -3.31. The largest absolute Gasteiger partial charge is 0.478 e. The molecule has 0 unspecified atom stereocenters. The van der Waals surface area contributed by atoms with Crippen molar-refractivity contribution in [2.75, 3.05) is 19.3 Å². The van der Waals surface area contributed by atoms with E-state index < -0.39 is 15.8 Å². The molecule has 2 aromatic carbocycles. The molecule has 0 heterocycles. The van der Waals surface area contributed by atoms with Gasteiger partial charge in [0.25, 0.3) is 0 Å². The quantitative estimate of drug-likeness (QED) is 0.412. The molecule has 0 amide bonds. The Labute approximate surface area is 160 Å². The molecule has 0 radical (unpaired) electrons. The van der Waals surface area contributed by atoms with Gasteiger partial charge in [-0.15, -0.1) is 0 Å². The molecule has 0 aliphatic carbocycles. The first kappa shape index (κ1) is 20.9. The van der Waals surface area contributed by atoms with E-state index in [1.807, 2.05) is 26.0 Å². The monoisotopic (exact) mass is 387 g/mol. The van der Waals surface area contributed by atoms with Crippen molar-refractivity contribution in [2.24, 2.45) is 0 Å². The number of aryl methyl sites for hydroxylation is 1. The van der Waals surface area contributed by atoms with Crippen LogP contribution in [0.15, 0.2) is 53.4 Å². The number of hydrogen-bond donors (Lipinski definition) is 2. The van der Waals surface area contributed by atoms with E-state index in [0.717, 1.165) is 24.8 Å². The number of benzene rings is 2. The maximum atomic E-state index is 12.1. The van der Waals surface area contributed by atoms with Crippen molar-refractivity contribution in [3.8, 4) is 0 Å². The summed E-state index contributed by atoms with van der Waals surface area (Å²) in [6.07, 6.45) is 2.07. The predicted octanol–water partition coefficient (Wildman–Crippen LogP) is 3.39. The second-order valence-corrected chi connectivity index (χ2v) is 8.51. The molecule has 0 spiro atoms. The van der Waals surface area contributed by atoms with Gasteiger partial charge < -0.3 is 10.4 Å². The van der Waals surface area contributed by atoms with E-state index in [2.05, 4.69) is 5.32 Å². The Morgan fingerprint density at radius 2 is 1.56 bits per heavy atom. The summed E-state index contributed by atoms with van der Waals surface area (Å²) in [6.45, 7) is 5.12. The number of rotatable bonds is 8. The Kier molecular flexibility index (Phi) is 6.93. The van der Waals surface area contributed by atoms with Gasteiger partial charge in [0.2, 0.25) is 0 Å².